The number of hydrogen-bond donors (Lipinski definition) is 0. The molecule has 0 fully saturated rings. The molecule has 0 aromatic carbocycles. The molecule has 0 aromatic heterocycles. The lowest BCUT2D eigenvalue weighted by molar-refractivity contribution is 0.403. The maximum Gasteiger partial charge on any atom is 0.131 e. The highest BCUT2D eigenvalue weighted by molar-refractivity contribution is 6.20. The largest absolute Gasteiger partial charge is 0.309 e. The number of hydrogen-bond acceptors (Lipinski definition) is 3. The first-order valence-electron chi connectivity index (χ1n) is 4.03. The molecule has 0 amide bonds. The maximum absolute atomic E-state index is 5.54. The van der Waals surface area contributed by atoms with E-state index >= 15 is 0 Å². The first kappa shape index (κ1) is 11.6. The van der Waals surface area contributed by atoms with Crippen LogP contribution in [0, 0.1) is 0 Å². The minimum atomic E-state index is -0.220. The number of nitrogens with zero attached hydrogens (tertiary/aromatic N) is 3. The summed E-state index contributed by atoms with van der Waals surface area (Å²) in [6.07, 6.45) is 1.03. The molecular weight excluding hydrogens is 174 g/mol. The van der Waals surface area contributed by atoms with Gasteiger partial charge in [0.05, 0.1) is 12.6 Å². The van der Waals surface area contributed by atoms with Crippen LogP contribution in [0.3, 0.4) is 0 Å². The molecule has 0 spiro atoms. The number of aliphatic imine (C=N–C) groups is 2. The van der Waals surface area contributed by atoms with E-state index in [9.17, 15) is 0 Å². The van der Waals surface area contributed by atoms with E-state index in [2.05, 4.69) is 20.9 Å². The number of halogens is 1. The second kappa shape index (κ2) is 7.29. The molecule has 4 heteroatoms. The van der Waals surface area contributed by atoms with Crippen LogP contribution in [-0.4, -0.2) is 43.6 Å². The molecule has 1 unspecified atom stereocenters. The lowest BCUT2D eigenvalue weighted by Gasteiger charge is -2.05. The third-order valence-corrected chi connectivity index (χ3v) is 1.28. The summed E-state index contributed by atoms with van der Waals surface area (Å²) in [4.78, 5) is 9.85. The van der Waals surface area contributed by atoms with Crippen LogP contribution in [0.1, 0.15) is 13.3 Å². The SMILES string of the molecule is CC(Cl)N=C=NCCCN(C)C. The fourth-order valence-electron chi connectivity index (χ4n) is 0.636. The predicted molar refractivity (Wildman–Crippen MR) is 53.2 cm³/mol. The van der Waals surface area contributed by atoms with Crippen molar-refractivity contribution < 1.29 is 0 Å². The van der Waals surface area contributed by atoms with Gasteiger partial charge in [-0.25, -0.2) is 9.98 Å². The summed E-state index contributed by atoms with van der Waals surface area (Å²) in [6, 6.07) is 2.56. The van der Waals surface area contributed by atoms with Crippen LogP contribution in [0.5, 0.6) is 0 Å². The second-order valence-electron chi connectivity index (χ2n) is 2.84. The van der Waals surface area contributed by atoms with Gasteiger partial charge in [-0.1, -0.05) is 11.6 Å². The molecule has 0 aliphatic rings. The summed E-state index contributed by atoms with van der Waals surface area (Å²) in [5.74, 6) is 0. The fourth-order valence-corrected chi connectivity index (χ4v) is 0.680. The number of rotatable bonds is 5. The smallest absolute Gasteiger partial charge is 0.131 e. The third-order valence-electron chi connectivity index (χ3n) is 1.18. The van der Waals surface area contributed by atoms with Crippen molar-refractivity contribution in [1.29, 1.82) is 0 Å². The van der Waals surface area contributed by atoms with E-state index in [0.717, 1.165) is 19.5 Å². The summed E-state index contributed by atoms with van der Waals surface area (Å²) in [6.45, 7) is 3.59. The van der Waals surface area contributed by atoms with E-state index in [-0.39, 0.29) is 5.50 Å². The molecule has 0 heterocycles. The van der Waals surface area contributed by atoms with Gasteiger partial charge < -0.3 is 4.90 Å². The Bertz CT molecular complexity index is 160. The molecule has 0 bridgehead atoms. The van der Waals surface area contributed by atoms with E-state index in [1.807, 2.05) is 14.1 Å². The minimum Gasteiger partial charge on any atom is -0.309 e. The van der Waals surface area contributed by atoms with Crippen molar-refractivity contribution >= 4 is 17.6 Å². The Morgan fingerprint density at radius 2 is 2.17 bits per heavy atom. The normalized spacial score (nSPS) is 12.4. The summed E-state index contributed by atoms with van der Waals surface area (Å²) >= 11 is 5.54. The maximum atomic E-state index is 5.54. The van der Waals surface area contributed by atoms with Crippen LogP contribution in [0.4, 0.5) is 0 Å². The highest BCUT2D eigenvalue weighted by Crippen LogP contribution is 1.91. The first-order chi connectivity index (χ1) is 5.63. The van der Waals surface area contributed by atoms with E-state index < -0.39 is 0 Å². The zero-order valence-electron chi connectivity index (χ0n) is 7.92. The van der Waals surface area contributed by atoms with Gasteiger partial charge in [-0.15, -0.1) is 0 Å². The van der Waals surface area contributed by atoms with Gasteiger partial charge in [-0.3, -0.25) is 0 Å². The molecule has 3 nitrogen and oxygen atoms in total. The molecule has 0 aromatic rings. The van der Waals surface area contributed by atoms with Crippen LogP contribution >= 0.6 is 11.6 Å². The predicted octanol–water partition coefficient (Wildman–Crippen LogP) is 1.70. The summed E-state index contributed by atoms with van der Waals surface area (Å²) in [5.41, 5.74) is -0.220. The van der Waals surface area contributed by atoms with Crippen molar-refractivity contribution in [2.45, 2.75) is 18.8 Å². The molecule has 0 rings (SSSR count). The van der Waals surface area contributed by atoms with Crippen molar-refractivity contribution in [3.05, 3.63) is 0 Å². The van der Waals surface area contributed by atoms with Gasteiger partial charge >= 0.3 is 0 Å². The monoisotopic (exact) mass is 189 g/mol. The highest BCUT2D eigenvalue weighted by Gasteiger charge is 1.87. The lowest BCUT2D eigenvalue weighted by atomic mass is 10.4. The zero-order chi connectivity index (χ0) is 9.40. The second-order valence-corrected chi connectivity index (χ2v) is 3.47. The van der Waals surface area contributed by atoms with Gasteiger partial charge in [0.1, 0.15) is 5.50 Å². The fraction of sp³-hybridized carbons (Fsp3) is 0.875. The Morgan fingerprint density at radius 1 is 1.50 bits per heavy atom. The Labute approximate surface area is 79.1 Å². The average Bonchev–Trinajstić information content (AvgIpc) is 1.95. The first-order valence-corrected chi connectivity index (χ1v) is 4.46. The molecule has 0 saturated heterocycles. The molecule has 1 atom stereocenters. The van der Waals surface area contributed by atoms with Gasteiger partial charge in [0.2, 0.25) is 0 Å². The molecule has 0 aliphatic carbocycles. The summed E-state index contributed by atoms with van der Waals surface area (Å²) in [5, 5.41) is 0. The minimum absolute atomic E-state index is 0.220. The standard InChI is InChI=1S/C8H16ClN3/c1-8(9)11-7-10-5-4-6-12(2)3/h8H,4-6H2,1-3H3. The Morgan fingerprint density at radius 3 is 2.67 bits per heavy atom. The van der Waals surface area contributed by atoms with Crippen LogP contribution in [0.2, 0.25) is 0 Å². The van der Waals surface area contributed by atoms with E-state index in [1.165, 1.54) is 0 Å². The Balaban J connectivity index is 3.36. The van der Waals surface area contributed by atoms with Crippen LogP contribution in [0.25, 0.3) is 0 Å². The summed E-state index contributed by atoms with van der Waals surface area (Å²) in [7, 11) is 4.08. The molecular formula is C8H16ClN3. The Kier molecular flexibility index (Phi) is 7.06. The lowest BCUT2D eigenvalue weighted by Crippen LogP contribution is -2.13. The van der Waals surface area contributed by atoms with Crippen LogP contribution in [-0.2, 0) is 0 Å². The van der Waals surface area contributed by atoms with Crippen molar-refractivity contribution in [2.24, 2.45) is 9.98 Å². The third kappa shape index (κ3) is 9.63. The zero-order valence-corrected chi connectivity index (χ0v) is 8.67. The molecule has 0 N–H and O–H groups in total. The topological polar surface area (TPSA) is 28.0 Å². The quantitative estimate of drug-likeness (QED) is 0.280. The molecule has 0 aliphatic heterocycles. The van der Waals surface area contributed by atoms with Gasteiger partial charge in [-0.05, 0) is 34.0 Å². The van der Waals surface area contributed by atoms with Crippen molar-refractivity contribution in [3.8, 4) is 0 Å². The van der Waals surface area contributed by atoms with Gasteiger partial charge in [0, 0.05) is 0 Å². The highest BCUT2D eigenvalue weighted by atomic mass is 35.5. The molecule has 0 saturated carbocycles. The molecule has 70 valence electrons. The van der Waals surface area contributed by atoms with Gasteiger partial charge in [-0.2, -0.15) is 0 Å². The van der Waals surface area contributed by atoms with Crippen LogP contribution < -0.4 is 0 Å². The van der Waals surface area contributed by atoms with E-state index in [1.54, 1.807) is 6.92 Å². The van der Waals surface area contributed by atoms with Crippen molar-refractivity contribution in [1.82, 2.24) is 4.90 Å². The van der Waals surface area contributed by atoms with Gasteiger partial charge in [0.15, 0.2) is 0 Å². The van der Waals surface area contributed by atoms with Crippen molar-refractivity contribution in [2.75, 3.05) is 27.2 Å². The van der Waals surface area contributed by atoms with Crippen molar-refractivity contribution in [3.63, 3.8) is 0 Å². The molecule has 12 heavy (non-hydrogen) atoms. The van der Waals surface area contributed by atoms with E-state index in [4.69, 9.17) is 11.6 Å². The average molecular weight is 190 g/mol. The van der Waals surface area contributed by atoms with E-state index in [0.29, 0.717) is 0 Å². The summed E-state index contributed by atoms with van der Waals surface area (Å²) < 4.78 is 0. The van der Waals surface area contributed by atoms with Gasteiger partial charge in [0.25, 0.3) is 0 Å². The Hall–Kier alpha value is -0.370. The molecule has 0 radical (unpaired) electrons. The number of alkyl halides is 1. The van der Waals surface area contributed by atoms with Crippen LogP contribution in [0.15, 0.2) is 9.98 Å².